The molecule has 2 nitrogen and oxygen atoms in total. The van der Waals surface area contributed by atoms with E-state index in [0.29, 0.717) is 6.04 Å². The van der Waals surface area contributed by atoms with E-state index in [4.69, 9.17) is 5.73 Å². The molecule has 2 heteroatoms. The summed E-state index contributed by atoms with van der Waals surface area (Å²) in [5.74, 6) is 1.77. The highest BCUT2D eigenvalue weighted by Gasteiger charge is 2.34. The highest BCUT2D eigenvalue weighted by atomic mass is 15.0. The predicted molar refractivity (Wildman–Crippen MR) is 55.5 cm³/mol. The van der Waals surface area contributed by atoms with Gasteiger partial charge in [-0.2, -0.15) is 0 Å². The summed E-state index contributed by atoms with van der Waals surface area (Å²) in [5, 5.41) is 3.75. The molecule has 3 unspecified atom stereocenters. The first-order valence-corrected chi connectivity index (χ1v) is 5.68. The largest absolute Gasteiger partial charge is 0.328 e. The Morgan fingerprint density at radius 3 is 2.31 bits per heavy atom. The fraction of sp³-hybridized carbons (Fsp3) is 1.00. The molecule has 0 aliphatic heterocycles. The van der Waals surface area contributed by atoms with Crippen LogP contribution >= 0.6 is 0 Å². The first kappa shape index (κ1) is 9.47. The number of rotatable bonds is 2. The van der Waals surface area contributed by atoms with Crippen molar-refractivity contribution in [2.24, 2.45) is 17.6 Å². The molecular formula is C11H22N2. The topological polar surface area (TPSA) is 38.0 Å². The van der Waals surface area contributed by atoms with Gasteiger partial charge in [0.15, 0.2) is 0 Å². The van der Waals surface area contributed by atoms with Crippen LogP contribution in [0, 0.1) is 11.8 Å². The molecule has 0 saturated heterocycles. The summed E-state index contributed by atoms with van der Waals surface area (Å²) in [6, 6.07) is 1.98. The van der Waals surface area contributed by atoms with Gasteiger partial charge >= 0.3 is 0 Å². The Hall–Kier alpha value is -0.0800. The molecule has 2 aliphatic carbocycles. The van der Waals surface area contributed by atoms with Crippen molar-refractivity contribution in [3.63, 3.8) is 0 Å². The fourth-order valence-electron chi connectivity index (χ4n) is 2.70. The quantitative estimate of drug-likeness (QED) is 0.679. The maximum absolute atomic E-state index is 5.77. The SMILES string of the molecule is CC1CCC(NC2CC(N)C2)C1C. The summed E-state index contributed by atoms with van der Waals surface area (Å²) in [7, 11) is 0. The monoisotopic (exact) mass is 182 g/mol. The van der Waals surface area contributed by atoms with Gasteiger partial charge in [-0.1, -0.05) is 13.8 Å². The lowest BCUT2D eigenvalue weighted by Crippen LogP contribution is -2.52. The molecule has 0 aromatic heterocycles. The molecule has 2 saturated carbocycles. The molecule has 0 bridgehead atoms. The van der Waals surface area contributed by atoms with Crippen molar-refractivity contribution in [1.82, 2.24) is 5.32 Å². The van der Waals surface area contributed by atoms with Gasteiger partial charge in [0.25, 0.3) is 0 Å². The van der Waals surface area contributed by atoms with Gasteiger partial charge in [0.05, 0.1) is 0 Å². The van der Waals surface area contributed by atoms with Crippen molar-refractivity contribution >= 4 is 0 Å². The highest BCUT2D eigenvalue weighted by molar-refractivity contribution is 4.93. The van der Waals surface area contributed by atoms with Crippen LogP contribution in [0.1, 0.15) is 39.5 Å². The fourth-order valence-corrected chi connectivity index (χ4v) is 2.70. The third kappa shape index (κ3) is 1.89. The molecule has 0 amide bonds. The van der Waals surface area contributed by atoms with Gasteiger partial charge in [-0.05, 0) is 37.5 Å². The van der Waals surface area contributed by atoms with Crippen LogP contribution < -0.4 is 11.1 Å². The van der Waals surface area contributed by atoms with Crippen LogP contribution in [-0.4, -0.2) is 18.1 Å². The Morgan fingerprint density at radius 2 is 1.85 bits per heavy atom. The maximum atomic E-state index is 5.77. The van der Waals surface area contributed by atoms with Crippen molar-refractivity contribution in [2.45, 2.75) is 57.7 Å². The molecule has 2 aliphatic rings. The zero-order valence-electron chi connectivity index (χ0n) is 8.79. The third-order valence-electron chi connectivity index (χ3n) is 4.09. The molecule has 0 aromatic rings. The minimum Gasteiger partial charge on any atom is -0.328 e. The van der Waals surface area contributed by atoms with E-state index in [1.807, 2.05) is 0 Å². The van der Waals surface area contributed by atoms with E-state index in [-0.39, 0.29) is 0 Å². The Bertz CT molecular complexity index is 175. The molecule has 0 spiro atoms. The average molecular weight is 182 g/mol. The Kier molecular flexibility index (Phi) is 2.61. The number of nitrogens with one attached hydrogen (secondary N) is 1. The number of hydrogen-bond donors (Lipinski definition) is 2. The summed E-state index contributed by atoms with van der Waals surface area (Å²) < 4.78 is 0. The lowest BCUT2D eigenvalue weighted by Gasteiger charge is -2.36. The van der Waals surface area contributed by atoms with Crippen LogP contribution in [0.4, 0.5) is 0 Å². The van der Waals surface area contributed by atoms with E-state index in [1.165, 1.54) is 25.7 Å². The summed E-state index contributed by atoms with van der Waals surface area (Å²) in [5.41, 5.74) is 5.77. The third-order valence-corrected chi connectivity index (χ3v) is 4.09. The Labute approximate surface area is 81.3 Å². The summed E-state index contributed by atoms with van der Waals surface area (Å²) in [6.07, 6.45) is 5.15. The standard InChI is InChI=1S/C11H22N2/c1-7-3-4-11(8(7)2)13-10-5-9(12)6-10/h7-11,13H,3-6,12H2,1-2H3. The molecule has 0 radical (unpaired) electrons. The van der Waals surface area contributed by atoms with Gasteiger partial charge in [0.1, 0.15) is 0 Å². The maximum Gasteiger partial charge on any atom is 0.00992 e. The second-order valence-corrected chi connectivity index (χ2v) is 5.12. The second-order valence-electron chi connectivity index (χ2n) is 5.12. The highest BCUT2D eigenvalue weighted by Crippen LogP contribution is 2.32. The molecule has 3 atom stereocenters. The van der Waals surface area contributed by atoms with E-state index in [0.717, 1.165) is 23.9 Å². The Balaban J connectivity index is 1.76. The van der Waals surface area contributed by atoms with Crippen LogP contribution in [0.15, 0.2) is 0 Å². The van der Waals surface area contributed by atoms with Gasteiger partial charge < -0.3 is 11.1 Å². The zero-order chi connectivity index (χ0) is 9.42. The van der Waals surface area contributed by atoms with E-state index in [2.05, 4.69) is 19.2 Å². The van der Waals surface area contributed by atoms with E-state index in [1.54, 1.807) is 0 Å². The molecule has 2 fully saturated rings. The molecule has 3 N–H and O–H groups in total. The first-order chi connectivity index (χ1) is 6.16. The Morgan fingerprint density at radius 1 is 1.15 bits per heavy atom. The predicted octanol–water partition coefficient (Wildman–Crippen LogP) is 1.50. The first-order valence-electron chi connectivity index (χ1n) is 5.68. The lowest BCUT2D eigenvalue weighted by molar-refractivity contribution is 0.241. The molecule has 0 heterocycles. The molecular weight excluding hydrogens is 160 g/mol. The van der Waals surface area contributed by atoms with Crippen molar-refractivity contribution in [3.05, 3.63) is 0 Å². The van der Waals surface area contributed by atoms with Crippen molar-refractivity contribution in [3.8, 4) is 0 Å². The van der Waals surface area contributed by atoms with Crippen molar-refractivity contribution in [1.29, 1.82) is 0 Å². The van der Waals surface area contributed by atoms with E-state index in [9.17, 15) is 0 Å². The van der Waals surface area contributed by atoms with Gasteiger partial charge in [-0.3, -0.25) is 0 Å². The number of nitrogens with two attached hydrogens (primary N) is 1. The van der Waals surface area contributed by atoms with E-state index < -0.39 is 0 Å². The average Bonchev–Trinajstić information content (AvgIpc) is 2.33. The van der Waals surface area contributed by atoms with Gasteiger partial charge in [0.2, 0.25) is 0 Å². The van der Waals surface area contributed by atoms with Gasteiger partial charge in [-0.25, -0.2) is 0 Å². The summed E-state index contributed by atoms with van der Waals surface area (Å²) in [4.78, 5) is 0. The van der Waals surface area contributed by atoms with Crippen LogP contribution in [0.3, 0.4) is 0 Å². The lowest BCUT2D eigenvalue weighted by atomic mass is 9.86. The van der Waals surface area contributed by atoms with Crippen LogP contribution in [0.25, 0.3) is 0 Å². The molecule has 0 aromatic carbocycles. The normalized spacial score (nSPS) is 50.5. The van der Waals surface area contributed by atoms with E-state index >= 15 is 0 Å². The second kappa shape index (κ2) is 3.58. The summed E-state index contributed by atoms with van der Waals surface area (Å²) in [6.45, 7) is 4.76. The van der Waals surface area contributed by atoms with Crippen LogP contribution in [0.5, 0.6) is 0 Å². The van der Waals surface area contributed by atoms with Gasteiger partial charge in [0, 0.05) is 18.1 Å². The molecule has 13 heavy (non-hydrogen) atoms. The van der Waals surface area contributed by atoms with Crippen LogP contribution in [-0.2, 0) is 0 Å². The smallest absolute Gasteiger partial charge is 0.00992 e. The zero-order valence-corrected chi connectivity index (χ0v) is 8.79. The molecule has 76 valence electrons. The van der Waals surface area contributed by atoms with Gasteiger partial charge in [-0.15, -0.1) is 0 Å². The van der Waals surface area contributed by atoms with Crippen LogP contribution in [0.2, 0.25) is 0 Å². The summed E-state index contributed by atoms with van der Waals surface area (Å²) >= 11 is 0. The number of hydrogen-bond acceptors (Lipinski definition) is 2. The van der Waals surface area contributed by atoms with Crippen molar-refractivity contribution < 1.29 is 0 Å². The minimum atomic E-state index is 0.478. The molecule has 2 rings (SSSR count). The van der Waals surface area contributed by atoms with Crippen molar-refractivity contribution in [2.75, 3.05) is 0 Å². The minimum absolute atomic E-state index is 0.478.